The van der Waals surface area contributed by atoms with Crippen LogP contribution in [0.15, 0.2) is 71.8 Å². The molecule has 1 unspecified atom stereocenters. The quantitative estimate of drug-likeness (QED) is 0.575. The van der Waals surface area contributed by atoms with Gasteiger partial charge in [-0.05, 0) is 35.9 Å². The number of pyridine rings is 1. The number of benzene rings is 2. The third-order valence-corrected chi connectivity index (χ3v) is 5.41. The van der Waals surface area contributed by atoms with Crippen LogP contribution in [-0.2, 0) is 6.61 Å². The van der Waals surface area contributed by atoms with Crippen LogP contribution in [0.3, 0.4) is 0 Å². The van der Waals surface area contributed by atoms with Gasteiger partial charge in [0.15, 0.2) is 0 Å². The minimum absolute atomic E-state index is 0.0692. The van der Waals surface area contributed by atoms with Crippen LogP contribution in [0.5, 0.6) is 0 Å². The smallest absolute Gasteiger partial charge is 0.0784 e. The van der Waals surface area contributed by atoms with E-state index in [9.17, 15) is 5.11 Å². The summed E-state index contributed by atoms with van der Waals surface area (Å²) in [5.74, 6) is 0. The molecular formula is C19H15Cl2NOS. The minimum Gasteiger partial charge on any atom is -0.392 e. The molecule has 1 heterocycles. The molecule has 0 fully saturated rings. The first kappa shape index (κ1) is 17.3. The van der Waals surface area contributed by atoms with Crippen LogP contribution in [0.2, 0.25) is 10.0 Å². The van der Waals surface area contributed by atoms with E-state index >= 15 is 0 Å². The molecular weight excluding hydrogens is 361 g/mol. The summed E-state index contributed by atoms with van der Waals surface area (Å²) in [6, 6.07) is 19.2. The summed E-state index contributed by atoms with van der Waals surface area (Å²) in [5, 5.41) is 10.7. The lowest BCUT2D eigenvalue weighted by Crippen LogP contribution is -2.05. The molecule has 2 aromatic carbocycles. The maximum absolute atomic E-state index is 9.69. The fourth-order valence-corrected chi connectivity index (χ4v) is 4.26. The van der Waals surface area contributed by atoms with Gasteiger partial charge in [0, 0.05) is 26.7 Å². The van der Waals surface area contributed by atoms with E-state index in [1.165, 1.54) is 0 Å². The first-order chi connectivity index (χ1) is 11.7. The number of aliphatic hydroxyl groups excluding tert-OH is 1. The Hall–Kier alpha value is -1.52. The van der Waals surface area contributed by atoms with E-state index in [-0.39, 0.29) is 11.9 Å². The first-order valence-electron chi connectivity index (χ1n) is 7.40. The van der Waals surface area contributed by atoms with Crippen LogP contribution in [0.4, 0.5) is 0 Å². The van der Waals surface area contributed by atoms with Crippen molar-refractivity contribution in [1.29, 1.82) is 0 Å². The zero-order valence-corrected chi connectivity index (χ0v) is 15.0. The molecule has 2 nitrogen and oxygen atoms in total. The highest BCUT2D eigenvalue weighted by Gasteiger charge is 2.22. The van der Waals surface area contributed by atoms with Crippen molar-refractivity contribution in [1.82, 2.24) is 4.98 Å². The zero-order chi connectivity index (χ0) is 16.9. The second kappa shape index (κ2) is 8.04. The number of hydrogen-bond acceptors (Lipinski definition) is 3. The van der Waals surface area contributed by atoms with Crippen molar-refractivity contribution in [3.8, 4) is 0 Å². The maximum Gasteiger partial charge on any atom is 0.0784 e. The third kappa shape index (κ3) is 3.93. The normalized spacial score (nSPS) is 12.1. The van der Waals surface area contributed by atoms with Gasteiger partial charge in [-0.25, -0.2) is 0 Å². The number of hydrogen-bond donors (Lipinski definition) is 1. The van der Waals surface area contributed by atoms with Gasteiger partial charge in [0.05, 0.1) is 17.6 Å². The van der Waals surface area contributed by atoms with Crippen LogP contribution < -0.4 is 0 Å². The molecule has 1 N–H and O–H groups in total. The molecule has 0 saturated carbocycles. The van der Waals surface area contributed by atoms with Crippen molar-refractivity contribution in [3.63, 3.8) is 0 Å². The van der Waals surface area contributed by atoms with Gasteiger partial charge < -0.3 is 5.11 Å². The van der Waals surface area contributed by atoms with Crippen LogP contribution in [-0.4, -0.2) is 10.1 Å². The highest BCUT2D eigenvalue weighted by Crippen LogP contribution is 2.43. The summed E-state index contributed by atoms with van der Waals surface area (Å²) >= 11 is 14.1. The molecule has 3 aromatic rings. The van der Waals surface area contributed by atoms with Gasteiger partial charge >= 0.3 is 0 Å². The number of aliphatic hydroxyl groups is 1. The summed E-state index contributed by atoms with van der Waals surface area (Å²) in [4.78, 5) is 5.61. The van der Waals surface area contributed by atoms with Crippen molar-refractivity contribution in [2.24, 2.45) is 0 Å². The summed E-state index contributed by atoms with van der Waals surface area (Å²) < 4.78 is 0. The van der Waals surface area contributed by atoms with Crippen LogP contribution in [0.25, 0.3) is 0 Å². The van der Waals surface area contributed by atoms with Crippen molar-refractivity contribution in [2.75, 3.05) is 0 Å². The van der Waals surface area contributed by atoms with E-state index in [0.717, 1.165) is 21.7 Å². The van der Waals surface area contributed by atoms with Gasteiger partial charge in [-0.2, -0.15) is 0 Å². The SMILES string of the molecule is OCc1cccnc1C(Sc1ccccc1)c1ccc(Cl)cc1Cl. The highest BCUT2D eigenvalue weighted by molar-refractivity contribution is 7.99. The standard InChI is InChI=1S/C19H15Cl2NOS/c20-14-8-9-16(17(21)11-14)19(24-15-6-2-1-3-7-15)18-13(12-23)5-4-10-22-18/h1-11,19,23H,12H2. The summed E-state index contributed by atoms with van der Waals surface area (Å²) in [7, 11) is 0. The summed E-state index contributed by atoms with van der Waals surface area (Å²) in [6.07, 6.45) is 1.73. The van der Waals surface area contributed by atoms with E-state index in [1.807, 2.05) is 54.6 Å². The molecule has 5 heteroatoms. The van der Waals surface area contributed by atoms with Gasteiger partial charge in [-0.1, -0.05) is 53.5 Å². The monoisotopic (exact) mass is 375 g/mol. The molecule has 0 spiro atoms. The maximum atomic E-state index is 9.69. The molecule has 1 atom stereocenters. The van der Waals surface area contributed by atoms with E-state index in [4.69, 9.17) is 23.2 Å². The molecule has 0 amide bonds. The number of nitrogens with zero attached hydrogens (tertiary/aromatic N) is 1. The molecule has 1 aromatic heterocycles. The minimum atomic E-state index is -0.138. The largest absolute Gasteiger partial charge is 0.392 e. The van der Waals surface area contributed by atoms with Crippen molar-refractivity contribution >= 4 is 35.0 Å². The van der Waals surface area contributed by atoms with E-state index < -0.39 is 0 Å². The Morgan fingerprint density at radius 1 is 1.00 bits per heavy atom. The van der Waals surface area contributed by atoms with Crippen LogP contribution >= 0.6 is 35.0 Å². The van der Waals surface area contributed by atoms with Gasteiger partial charge in [-0.15, -0.1) is 11.8 Å². The number of thioether (sulfide) groups is 1. The van der Waals surface area contributed by atoms with Gasteiger partial charge in [0.25, 0.3) is 0 Å². The lowest BCUT2D eigenvalue weighted by atomic mass is 10.0. The van der Waals surface area contributed by atoms with Gasteiger partial charge in [0.1, 0.15) is 0 Å². The lowest BCUT2D eigenvalue weighted by Gasteiger charge is -2.20. The molecule has 0 aliphatic heterocycles. The number of aromatic nitrogens is 1. The van der Waals surface area contributed by atoms with Crippen molar-refractivity contribution in [3.05, 3.63) is 93.7 Å². The van der Waals surface area contributed by atoms with Crippen LogP contribution in [0.1, 0.15) is 22.1 Å². The molecule has 122 valence electrons. The Bertz CT molecular complexity index is 827. The Morgan fingerprint density at radius 3 is 2.50 bits per heavy atom. The molecule has 0 radical (unpaired) electrons. The Labute approximate surface area is 155 Å². The Morgan fingerprint density at radius 2 is 1.79 bits per heavy atom. The third-order valence-electron chi connectivity index (χ3n) is 3.59. The molecule has 0 saturated heterocycles. The molecule has 0 aliphatic rings. The Kier molecular flexibility index (Phi) is 5.80. The molecule has 0 bridgehead atoms. The van der Waals surface area contributed by atoms with Crippen LogP contribution in [0, 0.1) is 0 Å². The van der Waals surface area contributed by atoms with Crippen molar-refractivity contribution < 1.29 is 5.11 Å². The van der Waals surface area contributed by atoms with E-state index in [0.29, 0.717) is 10.0 Å². The van der Waals surface area contributed by atoms with Crippen molar-refractivity contribution in [2.45, 2.75) is 16.8 Å². The van der Waals surface area contributed by atoms with E-state index in [2.05, 4.69) is 4.98 Å². The average molecular weight is 376 g/mol. The fourth-order valence-electron chi connectivity index (χ4n) is 2.44. The number of halogens is 2. The second-order valence-electron chi connectivity index (χ2n) is 5.18. The molecule has 3 rings (SSSR count). The summed E-state index contributed by atoms with van der Waals surface area (Å²) in [6.45, 7) is -0.0692. The zero-order valence-electron chi connectivity index (χ0n) is 12.7. The fraction of sp³-hybridized carbons (Fsp3) is 0.105. The van der Waals surface area contributed by atoms with Gasteiger partial charge in [-0.3, -0.25) is 4.98 Å². The van der Waals surface area contributed by atoms with E-state index in [1.54, 1.807) is 24.0 Å². The Balaban J connectivity index is 2.10. The average Bonchev–Trinajstić information content (AvgIpc) is 2.61. The summed E-state index contributed by atoms with van der Waals surface area (Å²) in [5.41, 5.74) is 2.51. The number of rotatable bonds is 5. The molecule has 0 aliphatic carbocycles. The van der Waals surface area contributed by atoms with Gasteiger partial charge in [0.2, 0.25) is 0 Å². The predicted molar refractivity (Wildman–Crippen MR) is 101 cm³/mol. The second-order valence-corrected chi connectivity index (χ2v) is 7.20. The highest BCUT2D eigenvalue weighted by atomic mass is 35.5. The first-order valence-corrected chi connectivity index (χ1v) is 9.04. The predicted octanol–water partition coefficient (Wildman–Crippen LogP) is 5.76. The topological polar surface area (TPSA) is 33.1 Å². The molecule has 24 heavy (non-hydrogen) atoms. The lowest BCUT2D eigenvalue weighted by molar-refractivity contribution is 0.280.